The number of hydrogen-bond donors (Lipinski definition) is 2. The summed E-state index contributed by atoms with van der Waals surface area (Å²) in [6, 6.07) is 3.57. The Morgan fingerprint density at radius 1 is 1.57 bits per heavy atom. The van der Waals surface area contributed by atoms with Gasteiger partial charge in [-0.25, -0.2) is 0 Å². The smallest absolute Gasteiger partial charge is 0.136 e. The third-order valence-electron chi connectivity index (χ3n) is 2.07. The Labute approximate surface area is 85.1 Å². The number of aliphatic hydroxyl groups is 1. The standard InChI is InChI=1S/C11H19NO2/c1-9(2)7-12-8-11(3,13)10-5-4-6-14-10/h4-6,9,12-13H,7-8H2,1-3H3. The van der Waals surface area contributed by atoms with Crippen molar-refractivity contribution in [1.29, 1.82) is 0 Å². The van der Waals surface area contributed by atoms with Crippen LogP contribution in [0.3, 0.4) is 0 Å². The van der Waals surface area contributed by atoms with E-state index < -0.39 is 5.60 Å². The molecule has 80 valence electrons. The first-order valence-electron chi connectivity index (χ1n) is 4.99. The van der Waals surface area contributed by atoms with Crippen LogP contribution in [0.15, 0.2) is 22.8 Å². The Hall–Kier alpha value is -0.800. The van der Waals surface area contributed by atoms with Gasteiger partial charge in [0.05, 0.1) is 6.26 Å². The van der Waals surface area contributed by atoms with Gasteiger partial charge in [0.15, 0.2) is 0 Å². The molecular formula is C11H19NO2. The zero-order valence-electron chi connectivity index (χ0n) is 9.08. The van der Waals surface area contributed by atoms with E-state index in [-0.39, 0.29) is 0 Å². The van der Waals surface area contributed by atoms with Gasteiger partial charge in [-0.3, -0.25) is 0 Å². The van der Waals surface area contributed by atoms with Crippen LogP contribution in [0, 0.1) is 5.92 Å². The molecular weight excluding hydrogens is 178 g/mol. The van der Waals surface area contributed by atoms with Crippen LogP contribution in [0.5, 0.6) is 0 Å². The summed E-state index contributed by atoms with van der Waals surface area (Å²) in [5.41, 5.74) is -0.918. The Balaban J connectivity index is 2.42. The summed E-state index contributed by atoms with van der Waals surface area (Å²) in [6.07, 6.45) is 1.58. The lowest BCUT2D eigenvalue weighted by molar-refractivity contribution is 0.0338. The second kappa shape index (κ2) is 4.62. The van der Waals surface area contributed by atoms with Crippen LogP contribution in [-0.2, 0) is 5.60 Å². The van der Waals surface area contributed by atoms with Gasteiger partial charge >= 0.3 is 0 Å². The minimum Gasteiger partial charge on any atom is -0.466 e. The predicted molar refractivity (Wildman–Crippen MR) is 56.0 cm³/mol. The minimum atomic E-state index is -0.918. The van der Waals surface area contributed by atoms with Gasteiger partial charge in [-0.1, -0.05) is 13.8 Å². The van der Waals surface area contributed by atoms with E-state index in [1.54, 1.807) is 25.3 Å². The summed E-state index contributed by atoms with van der Waals surface area (Å²) in [5.74, 6) is 1.19. The molecule has 1 heterocycles. The average Bonchev–Trinajstić information content (AvgIpc) is 2.54. The van der Waals surface area contributed by atoms with Crippen LogP contribution in [0.2, 0.25) is 0 Å². The molecule has 14 heavy (non-hydrogen) atoms. The van der Waals surface area contributed by atoms with E-state index in [1.807, 2.05) is 0 Å². The van der Waals surface area contributed by atoms with Crippen LogP contribution >= 0.6 is 0 Å². The molecule has 0 fully saturated rings. The van der Waals surface area contributed by atoms with Crippen LogP contribution in [0.4, 0.5) is 0 Å². The molecule has 1 atom stereocenters. The Morgan fingerprint density at radius 3 is 2.79 bits per heavy atom. The molecule has 1 aromatic heterocycles. The molecule has 3 nitrogen and oxygen atoms in total. The molecule has 0 spiro atoms. The van der Waals surface area contributed by atoms with Crippen LogP contribution in [-0.4, -0.2) is 18.2 Å². The van der Waals surface area contributed by atoms with Gasteiger partial charge in [0, 0.05) is 6.54 Å². The van der Waals surface area contributed by atoms with Crippen LogP contribution < -0.4 is 5.32 Å². The molecule has 3 heteroatoms. The van der Waals surface area contributed by atoms with Crippen molar-refractivity contribution in [3.63, 3.8) is 0 Å². The molecule has 0 aliphatic carbocycles. The third-order valence-corrected chi connectivity index (χ3v) is 2.07. The fraction of sp³-hybridized carbons (Fsp3) is 0.636. The molecule has 0 aliphatic rings. The van der Waals surface area contributed by atoms with Gasteiger partial charge in [0.25, 0.3) is 0 Å². The second-order valence-corrected chi connectivity index (χ2v) is 4.28. The molecule has 0 aromatic carbocycles. The monoisotopic (exact) mass is 197 g/mol. The molecule has 2 N–H and O–H groups in total. The van der Waals surface area contributed by atoms with Crippen LogP contribution in [0.25, 0.3) is 0 Å². The maximum Gasteiger partial charge on any atom is 0.136 e. The summed E-state index contributed by atoms with van der Waals surface area (Å²) in [5, 5.41) is 13.2. The lowest BCUT2D eigenvalue weighted by atomic mass is 10.0. The van der Waals surface area contributed by atoms with E-state index >= 15 is 0 Å². The summed E-state index contributed by atoms with van der Waals surface area (Å²) in [7, 11) is 0. The highest BCUT2D eigenvalue weighted by molar-refractivity contribution is 5.08. The summed E-state index contributed by atoms with van der Waals surface area (Å²) >= 11 is 0. The molecule has 0 amide bonds. The molecule has 0 saturated carbocycles. The maximum atomic E-state index is 10.0. The molecule has 0 aliphatic heterocycles. The first-order chi connectivity index (χ1) is 6.52. The number of nitrogens with one attached hydrogen (secondary N) is 1. The van der Waals surface area contributed by atoms with E-state index in [9.17, 15) is 5.11 Å². The van der Waals surface area contributed by atoms with Crippen molar-refractivity contribution < 1.29 is 9.52 Å². The largest absolute Gasteiger partial charge is 0.466 e. The predicted octanol–water partition coefficient (Wildman–Crippen LogP) is 1.73. The fourth-order valence-electron chi connectivity index (χ4n) is 1.28. The first kappa shape index (κ1) is 11.3. The average molecular weight is 197 g/mol. The molecule has 0 saturated heterocycles. The van der Waals surface area contributed by atoms with Crippen molar-refractivity contribution in [3.8, 4) is 0 Å². The zero-order chi connectivity index (χ0) is 10.6. The van der Waals surface area contributed by atoms with Crippen LogP contribution in [0.1, 0.15) is 26.5 Å². The van der Waals surface area contributed by atoms with Crippen molar-refractivity contribution in [2.45, 2.75) is 26.4 Å². The van der Waals surface area contributed by atoms with Gasteiger partial charge in [0.1, 0.15) is 11.4 Å². The maximum absolute atomic E-state index is 10.0. The lowest BCUT2D eigenvalue weighted by Gasteiger charge is -2.21. The summed E-state index contributed by atoms with van der Waals surface area (Å²) in [4.78, 5) is 0. The van der Waals surface area contributed by atoms with Gasteiger partial charge in [-0.05, 0) is 31.5 Å². The third kappa shape index (κ3) is 3.16. The highest BCUT2D eigenvalue weighted by Crippen LogP contribution is 2.19. The van der Waals surface area contributed by atoms with Crippen molar-refractivity contribution in [3.05, 3.63) is 24.2 Å². The molecule has 1 rings (SSSR count). The Morgan fingerprint density at radius 2 is 2.29 bits per heavy atom. The molecule has 0 bridgehead atoms. The van der Waals surface area contributed by atoms with Gasteiger partial charge in [-0.2, -0.15) is 0 Å². The molecule has 1 aromatic rings. The van der Waals surface area contributed by atoms with E-state index in [1.165, 1.54) is 0 Å². The lowest BCUT2D eigenvalue weighted by Crippen LogP contribution is -2.36. The highest BCUT2D eigenvalue weighted by atomic mass is 16.4. The second-order valence-electron chi connectivity index (χ2n) is 4.28. The molecule has 0 radical (unpaired) electrons. The van der Waals surface area contributed by atoms with Crippen molar-refractivity contribution in [2.75, 3.05) is 13.1 Å². The quantitative estimate of drug-likeness (QED) is 0.755. The Bertz CT molecular complexity index is 252. The topological polar surface area (TPSA) is 45.4 Å². The highest BCUT2D eigenvalue weighted by Gasteiger charge is 2.25. The number of hydrogen-bond acceptors (Lipinski definition) is 3. The van der Waals surface area contributed by atoms with E-state index in [0.29, 0.717) is 18.2 Å². The number of rotatable bonds is 5. The van der Waals surface area contributed by atoms with Gasteiger partial charge in [0.2, 0.25) is 0 Å². The first-order valence-corrected chi connectivity index (χ1v) is 4.99. The SMILES string of the molecule is CC(C)CNCC(C)(O)c1ccco1. The normalized spacial score (nSPS) is 15.8. The summed E-state index contributed by atoms with van der Waals surface area (Å²) in [6.45, 7) is 7.43. The minimum absolute atomic E-state index is 0.513. The molecule has 1 unspecified atom stereocenters. The van der Waals surface area contributed by atoms with Gasteiger partial charge in [-0.15, -0.1) is 0 Å². The van der Waals surface area contributed by atoms with Gasteiger partial charge < -0.3 is 14.8 Å². The van der Waals surface area contributed by atoms with Crippen molar-refractivity contribution in [2.24, 2.45) is 5.92 Å². The van der Waals surface area contributed by atoms with E-state index in [4.69, 9.17) is 4.42 Å². The fourth-order valence-corrected chi connectivity index (χ4v) is 1.28. The van der Waals surface area contributed by atoms with Crippen molar-refractivity contribution >= 4 is 0 Å². The van der Waals surface area contributed by atoms with E-state index in [2.05, 4.69) is 19.2 Å². The van der Waals surface area contributed by atoms with E-state index in [0.717, 1.165) is 6.54 Å². The zero-order valence-corrected chi connectivity index (χ0v) is 9.08. The van der Waals surface area contributed by atoms with Crippen molar-refractivity contribution in [1.82, 2.24) is 5.32 Å². The number of furan rings is 1. The Kier molecular flexibility index (Phi) is 3.72. The summed E-state index contributed by atoms with van der Waals surface area (Å²) < 4.78 is 5.17.